The highest BCUT2D eigenvalue weighted by Gasteiger charge is 2.45. The molecule has 32 heavy (non-hydrogen) atoms. The van der Waals surface area contributed by atoms with Crippen molar-refractivity contribution in [2.45, 2.75) is 38.6 Å². The van der Waals surface area contributed by atoms with Gasteiger partial charge in [-0.1, -0.05) is 6.92 Å². The molecule has 5 rings (SSSR count). The summed E-state index contributed by atoms with van der Waals surface area (Å²) in [6, 6.07) is 7.26. The van der Waals surface area contributed by atoms with Gasteiger partial charge in [-0.15, -0.1) is 11.6 Å². The Labute approximate surface area is 188 Å². The van der Waals surface area contributed by atoms with Crippen LogP contribution in [0, 0.1) is 0 Å². The first-order valence-corrected chi connectivity index (χ1v) is 10.9. The van der Waals surface area contributed by atoms with E-state index >= 15 is 0 Å². The number of hydrogen-bond acceptors (Lipinski definition) is 7. The summed E-state index contributed by atoms with van der Waals surface area (Å²) in [5.74, 6) is -0.590. The fourth-order valence-corrected chi connectivity index (χ4v) is 4.66. The minimum Gasteiger partial charge on any atom is -0.508 e. The van der Waals surface area contributed by atoms with Gasteiger partial charge in [-0.2, -0.15) is 0 Å². The lowest BCUT2D eigenvalue weighted by Crippen LogP contribution is -2.44. The third kappa shape index (κ3) is 2.87. The Morgan fingerprint density at radius 3 is 2.81 bits per heavy atom. The first kappa shape index (κ1) is 20.9. The second kappa shape index (κ2) is 7.30. The Bertz CT molecular complexity index is 1350. The number of esters is 1. The molecule has 4 heterocycles. The number of carbonyl (C=O) groups excluding carboxylic acids is 1. The van der Waals surface area contributed by atoms with E-state index in [1.165, 1.54) is 0 Å². The Morgan fingerprint density at radius 1 is 1.31 bits per heavy atom. The van der Waals surface area contributed by atoms with Crippen LogP contribution in [0.3, 0.4) is 0 Å². The molecule has 2 aromatic heterocycles. The normalized spacial score (nSPS) is 19.1. The van der Waals surface area contributed by atoms with Gasteiger partial charge in [0.15, 0.2) is 5.60 Å². The number of aromatic nitrogens is 2. The minimum atomic E-state index is -1.85. The smallest absolute Gasteiger partial charge is 0.343 e. The van der Waals surface area contributed by atoms with Crippen molar-refractivity contribution in [1.82, 2.24) is 14.5 Å². The van der Waals surface area contributed by atoms with Crippen LogP contribution >= 0.6 is 11.6 Å². The van der Waals surface area contributed by atoms with E-state index in [4.69, 9.17) is 21.3 Å². The Kier molecular flexibility index (Phi) is 4.77. The molecule has 0 saturated heterocycles. The van der Waals surface area contributed by atoms with Crippen LogP contribution in [0.15, 0.2) is 29.1 Å². The minimum absolute atomic E-state index is 0.0937. The molecule has 2 aliphatic heterocycles. The predicted molar refractivity (Wildman–Crippen MR) is 118 cm³/mol. The molecular formula is C23H22ClN3O5. The molecule has 0 aliphatic carbocycles. The average Bonchev–Trinajstić information content (AvgIpc) is 3.15. The molecule has 0 spiro atoms. The van der Waals surface area contributed by atoms with Crippen molar-refractivity contribution in [3.8, 4) is 17.1 Å². The van der Waals surface area contributed by atoms with Crippen LogP contribution in [0.2, 0.25) is 0 Å². The van der Waals surface area contributed by atoms with E-state index in [1.54, 1.807) is 29.7 Å². The summed E-state index contributed by atoms with van der Waals surface area (Å²) in [6.45, 7) is 2.26. The highest BCUT2D eigenvalue weighted by atomic mass is 35.5. The number of hydrogen-bond donors (Lipinski definition) is 2. The van der Waals surface area contributed by atoms with E-state index in [0.29, 0.717) is 41.6 Å². The number of ether oxygens (including phenoxy) is 1. The SMILES string of the molecule is CC[C@@]1(O)C(=O)OCc2c1cc1n(c2=O)Cc2cc3c(CN(C)CCl)c(O)ccc3nc2-1. The van der Waals surface area contributed by atoms with E-state index in [0.717, 1.165) is 10.9 Å². The van der Waals surface area contributed by atoms with Crippen LogP contribution < -0.4 is 5.56 Å². The first-order chi connectivity index (χ1) is 15.3. The standard InChI is InChI=1S/C23H22ClN3O5/c1-3-23(31)16-7-18-20-12(8-27(18)21(29)15(16)10-32-22(23)30)6-13-14(9-26(2)11-24)19(28)5-4-17(13)25-20/h4-7,28,31H,3,8-11H2,1-2H3/t23-/m0/s1. The monoisotopic (exact) mass is 455 g/mol. The number of phenolic OH excluding ortho intramolecular Hbond substituents is 1. The van der Waals surface area contributed by atoms with Crippen molar-refractivity contribution >= 4 is 28.5 Å². The molecule has 0 unspecified atom stereocenters. The number of pyridine rings is 2. The van der Waals surface area contributed by atoms with Crippen molar-refractivity contribution in [3.63, 3.8) is 0 Å². The van der Waals surface area contributed by atoms with Gasteiger partial charge >= 0.3 is 5.97 Å². The fourth-order valence-electron chi connectivity index (χ4n) is 4.58. The molecule has 1 aromatic carbocycles. The number of aliphatic hydroxyl groups is 1. The molecule has 0 saturated carbocycles. The molecule has 0 radical (unpaired) electrons. The van der Waals surface area contributed by atoms with E-state index in [2.05, 4.69) is 0 Å². The maximum absolute atomic E-state index is 13.3. The number of carbonyl (C=O) groups is 1. The molecule has 9 heteroatoms. The van der Waals surface area contributed by atoms with Crippen LogP contribution in [0.4, 0.5) is 0 Å². The number of phenols is 1. The van der Waals surface area contributed by atoms with Gasteiger partial charge in [0, 0.05) is 28.6 Å². The molecule has 8 nitrogen and oxygen atoms in total. The lowest BCUT2D eigenvalue weighted by Gasteiger charge is -2.31. The number of alkyl halides is 1. The van der Waals surface area contributed by atoms with Crippen molar-refractivity contribution in [3.05, 3.63) is 56.9 Å². The molecule has 2 N–H and O–H groups in total. The van der Waals surface area contributed by atoms with Crippen molar-refractivity contribution in [2.75, 3.05) is 13.1 Å². The summed E-state index contributed by atoms with van der Waals surface area (Å²) >= 11 is 5.92. The summed E-state index contributed by atoms with van der Waals surface area (Å²) in [5.41, 5.74) is 1.80. The summed E-state index contributed by atoms with van der Waals surface area (Å²) in [5, 5.41) is 22.2. The largest absolute Gasteiger partial charge is 0.508 e. The number of aromatic hydroxyl groups is 1. The van der Waals surface area contributed by atoms with Crippen LogP contribution in [0.5, 0.6) is 5.75 Å². The van der Waals surface area contributed by atoms with Gasteiger partial charge in [0.25, 0.3) is 5.56 Å². The average molecular weight is 456 g/mol. The maximum Gasteiger partial charge on any atom is 0.343 e. The number of cyclic esters (lactones) is 1. The summed E-state index contributed by atoms with van der Waals surface area (Å²) < 4.78 is 6.70. The second-order valence-corrected chi connectivity index (χ2v) is 8.60. The number of fused-ring (bicyclic) bond motifs is 5. The third-order valence-electron chi connectivity index (χ3n) is 6.41. The Balaban J connectivity index is 1.72. The van der Waals surface area contributed by atoms with Gasteiger partial charge in [0.1, 0.15) is 12.4 Å². The van der Waals surface area contributed by atoms with Gasteiger partial charge in [-0.3, -0.25) is 9.69 Å². The van der Waals surface area contributed by atoms with E-state index in [9.17, 15) is 19.8 Å². The maximum atomic E-state index is 13.3. The molecule has 2 aliphatic rings. The lowest BCUT2D eigenvalue weighted by atomic mass is 9.86. The van der Waals surface area contributed by atoms with Crippen molar-refractivity contribution < 1.29 is 19.7 Å². The molecule has 1 atom stereocenters. The second-order valence-electron chi connectivity index (χ2n) is 8.36. The molecule has 0 bridgehead atoms. The molecule has 166 valence electrons. The highest BCUT2D eigenvalue weighted by Crippen LogP contribution is 2.39. The van der Waals surface area contributed by atoms with Gasteiger partial charge in [-0.25, -0.2) is 9.78 Å². The quantitative estimate of drug-likeness (QED) is 0.276. The van der Waals surface area contributed by atoms with Gasteiger partial charge < -0.3 is 19.5 Å². The van der Waals surface area contributed by atoms with Gasteiger partial charge in [-0.05, 0) is 37.7 Å². The van der Waals surface area contributed by atoms with Crippen molar-refractivity contribution in [2.24, 2.45) is 0 Å². The fraction of sp³-hybridized carbons (Fsp3) is 0.348. The van der Waals surface area contributed by atoms with E-state index < -0.39 is 11.6 Å². The van der Waals surface area contributed by atoms with Crippen LogP contribution in [0.25, 0.3) is 22.3 Å². The first-order valence-electron chi connectivity index (χ1n) is 10.3. The highest BCUT2D eigenvalue weighted by molar-refractivity contribution is 6.17. The number of halogens is 1. The summed E-state index contributed by atoms with van der Waals surface area (Å²) in [6.07, 6.45) is 0.0937. The molecule has 3 aromatic rings. The molecule has 0 amide bonds. The molecule has 0 fully saturated rings. The zero-order chi connectivity index (χ0) is 22.8. The predicted octanol–water partition coefficient (Wildman–Crippen LogP) is 2.41. The van der Waals surface area contributed by atoms with Crippen LogP contribution in [-0.2, 0) is 34.8 Å². The van der Waals surface area contributed by atoms with E-state index in [-0.39, 0.29) is 35.5 Å². The van der Waals surface area contributed by atoms with Crippen LogP contribution in [-0.4, -0.2) is 43.7 Å². The number of benzene rings is 1. The zero-order valence-electron chi connectivity index (χ0n) is 17.7. The summed E-state index contributed by atoms with van der Waals surface area (Å²) in [7, 11) is 1.85. The topological polar surface area (TPSA) is 105 Å². The Morgan fingerprint density at radius 2 is 2.09 bits per heavy atom. The Hall–Kier alpha value is -2.94. The summed E-state index contributed by atoms with van der Waals surface area (Å²) in [4.78, 5) is 32.2. The lowest BCUT2D eigenvalue weighted by molar-refractivity contribution is -0.172. The van der Waals surface area contributed by atoms with Gasteiger partial charge in [0.2, 0.25) is 0 Å². The third-order valence-corrected chi connectivity index (χ3v) is 6.82. The number of rotatable bonds is 4. The van der Waals surface area contributed by atoms with Gasteiger partial charge in [0.05, 0.1) is 35.0 Å². The van der Waals surface area contributed by atoms with E-state index in [1.807, 2.05) is 18.0 Å². The van der Waals surface area contributed by atoms with Crippen LogP contribution in [0.1, 0.15) is 35.6 Å². The van der Waals surface area contributed by atoms with Crippen molar-refractivity contribution in [1.29, 1.82) is 0 Å². The number of nitrogens with zero attached hydrogens (tertiary/aromatic N) is 3. The zero-order valence-corrected chi connectivity index (χ0v) is 18.4. The molecular weight excluding hydrogens is 434 g/mol.